The molecular weight excluding hydrogens is 256 g/mol. The van der Waals surface area contributed by atoms with Crippen LogP contribution in [0.25, 0.3) is 0 Å². The summed E-state index contributed by atoms with van der Waals surface area (Å²) in [5.41, 5.74) is -0.344. The fourth-order valence-corrected chi connectivity index (χ4v) is 3.65. The Morgan fingerprint density at radius 1 is 1.05 bits per heavy atom. The van der Waals surface area contributed by atoms with E-state index in [1.54, 1.807) is 0 Å². The van der Waals surface area contributed by atoms with Gasteiger partial charge in [0.2, 0.25) is 0 Å². The van der Waals surface area contributed by atoms with Gasteiger partial charge in [0, 0.05) is 11.8 Å². The number of cyclic esters (lactones) is 2. The molecule has 0 radical (unpaired) electrons. The molecule has 0 N–H and O–H groups in total. The Kier molecular flexibility index (Phi) is 5.22. The summed E-state index contributed by atoms with van der Waals surface area (Å²) >= 11 is 0. The van der Waals surface area contributed by atoms with E-state index in [4.69, 9.17) is 9.47 Å². The molecule has 20 heavy (non-hydrogen) atoms. The zero-order valence-electron chi connectivity index (χ0n) is 13.6. The largest absolute Gasteiger partial charge is 0.421 e. The highest BCUT2D eigenvalue weighted by atomic mass is 16.7. The Labute approximate surface area is 122 Å². The Morgan fingerprint density at radius 3 is 1.80 bits per heavy atom. The molecule has 4 nitrogen and oxygen atoms in total. The summed E-state index contributed by atoms with van der Waals surface area (Å²) in [4.78, 5) is 23.7. The van der Waals surface area contributed by atoms with Gasteiger partial charge in [-0.15, -0.1) is 0 Å². The highest BCUT2D eigenvalue weighted by Gasteiger charge is 2.59. The van der Waals surface area contributed by atoms with Crippen molar-refractivity contribution in [3.05, 3.63) is 0 Å². The predicted molar refractivity (Wildman–Crippen MR) is 76.8 cm³/mol. The van der Waals surface area contributed by atoms with Crippen molar-refractivity contribution < 1.29 is 19.1 Å². The van der Waals surface area contributed by atoms with Crippen LogP contribution >= 0.6 is 0 Å². The molecule has 0 atom stereocenters. The minimum Gasteiger partial charge on any atom is -0.421 e. The van der Waals surface area contributed by atoms with Gasteiger partial charge in [-0.3, -0.25) is 9.59 Å². The van der Waals surface area contributed by atoms with Crippen LogP contribution in [0, 0.1) is 17.3 Å². The number of ether oxygens (including phenoxy) is 2. The molecular formula is C16H28O4. The summed E-state index contributed by atoms with van der Waals surface area (Å²) in [6.45, 7) is 12.4. The molecule has 0 bridgehead atoms. The molecule has 116 valence electrons. The smallest absolute Gasteiger partial charge is 0.320 e. The van der Waals surface area contributed by atoms with Crippen molar-refractivity contribution in [2.75, 3.05) is 0 Å². The Bertz CT molecular complexity index is 351. The maximum Gasteiger partial charge on any atom is 0.320 e. The van der Waals surface area contributed by atoms with Crippen LogP contribution < -0.4 is 0 Å². The number of hydrogen-bond donors (Lipinski definition) is 0. The monoisotopic (exact) mass is 284 g/mol. The second-order valence-corrected chi connectivity index (χ2v) is 6.49. The molecule has 1 rings (SSSR count). The molecule has 1 fully saturated rings. The molecule has 0 saturated carbocycles. The molecule has 0 aliphatic carbocycles. The molecule has 0 aromatic heterocycles. The lowest BCUT2D eigenvalue weighted by Crippen LogP contribution is -2.59. The Morgan fingerprint density at radius 2 is 1.50 bits per heavy atom. The second-order valence-electron chi connectivity index (χ2n) is 6.49. The summed E-state index contributed by atoms with van der Waals surface area (Å²) in [5, 5.41) is 0. The maximum atomic E-state index is 11.8. The molecule has 0 aromatic rings. The molecule has 1 aliphatic heterocycles. The van der Waals surface area contributed by atoms with Gasteiger partial charge >= 0.3 is 11.9 Å². The van der Waals surface area contributed by atoms with Crippen molar-refractivity contribution in [2.24, 2.45) is 17.3 Å². The molecule has 0 amide bonds. The van der Waals surface area contributed by atoms with Crippen molar-refractivity contribution in [1.82, 2.24) is 0 Å². The van der Waals surface area contributed by atoms with E-state index in [0.717, 1.165) is 12.8 Å². The fourth-order valence-electron chi connectivity index (χ4n) is 3.65. The number of rotatable bonds is 6. The summed E-state index contributed by atoms with van der Waals surface area (Å²) in [6, 6.07) is 0. The average Bonchev–Trinajstić information content (AvgIpc) is 2.27. The third-order valence-corrected chi connectivity index (χ3v) is 4.65. The van der Waals surface area contributed by atoms with Gasteiger partial charge in [0.15, 0.2) is 0 Å². The van der Waals surface area contributed by atoms with E-state index in [-0.39, 0.29) is 23.7 Å². The molecule has 0 spiro atoms. The van der Waals surface area contributed by atoms with Crippen LogP contribution in [-0.2, 0) is 19.1 Å². The van der Waals surface area contributed by atoms with Crippen LogP contribution in [0.15, 0.2) is 0 Å². The van der Waals surface area contributed by atoms with E-state index in [9.17, 15) is 9.59 Å². The minimum absolute atomic E-state index is 0.245. The van der Waals surface area contributed by atoms with Gasteiger partial charge in [-0.2, -0.15) is 0 Å². The average molecular weight is 284 g/mol. The van der Waals surface area contributed by atoms with E-state index in [1.807, 2.05) is 0 Å². The zero-order chi connectivity index (χ0) is 15.6. The summed E-state index contributed by atoms with van der Waals surface area (Å²) in [5.74, 6) is -1.53. The zero-order valence-corrected chi connectivity index (χ0v) is 13.6. The predicted octanol–water partition coefficient (Wildman–Crippen LogP) is 3.68. The highest BCUT2D eigenvalue weighted by molar-refractivity contribution is 5.93. The standard InChI is InChI=1S/C16H28O4/c1-7-15(8-2,12(5)6)16(10-11(3)4)19-13(17)9-14(18)20-16/h11-12H,7-10H2,1-6H3. The van der Waals surface area contributed by atoms with Crippen molar-refractivity contribution >= 4 is 11.9 Å². The van der Waals surface area contributed by atoms with E-state index < -0.39 is 17.7 Å². The van der Waals surface area contributed by atoms with E-state index in [0.29, 0.717) is 6.42 Å². The lowest BCUT2D eigenvalue weighted by atomic mass is 9.64. The van der Waals surface area contributed by atoms with Crippen molar-refractivity contribution in [1.29, 1.82) is 0 Å². The third-order valence-electron chi connectivity index (χ3n) is 4.65. The van der Waals surface area contributed by atoms with Gasteiger partial charge in [0.1, 0.15) is 6.42 Å². The van der Waals surface area contributed by atoms with Crippen LogP contribution in [0.2, 0.25) is 0 Å². The van der Waals surface area contributed by atoms with E-state index >= 15 is 0 Å². The molecule has 0 aromatic carbocycles. The van der Waals surface area contributed by atoms with Gasteiger partial charge < -0.3 is 9.47 Å². The SMILES string of the molecule is CCC(CC)(C(C)C)C1(CC(C)C)OC(=O)CC(=O)O1. The molecule has 0 unspecified atom stereocenters. The quantitative estimate of drug-likeness (QED) is 0.551. The van der Waals surface area contributed by atoms with Gasteiger partial charge in [0.25, 0.3) is 5.79 Å². The molecule has 1 heterocycles. The molecule has 1 saturated heterocycles. The van der Waals surface area contributed by atoms with Crippen LogP contribution in [0.3, 0.4) is 0 Å². The molecule has 1 aliphatic rings. The van der Waals surface area contributed by atoms with Gasteiger partial charge in [0.05, 0.1) is 0 Å². The first-order chi connectivity index (χ1) is 9.23. The normalized spacial score (nSPS) is 19.2. The maximum absolute atomic E-state index is 11.8. The topological polar surface area (TPSA) is 52.6 Å². The lowest BCUT2D eigenvalue weighted by Gasteiger charge is -2.52. The number of carbonyl (C=O) groups excluding carboxylic acids is 2. The van der Waals surface area contributed by atoms with Gasteiger partial charge in [-0.05, 0) is 24.7 Å². The van der Waals surface area contributed by atoms with Crippen LogP contribution in [0.5, 0.6) is 0 Å². The number of esters is 2. The Hall–Kier alpha value is -1.06. The third kappa shape index (κ3) is 2.84. The number of hydrogen-bond acceptors (Lipinski definition) is 4. The minimum atomic E-state index is -1.12. The van der Waals surface area contributed by atoms with Crippen LogP contribution in [0.4, 0.5) is 0 Å². The first-order valence-corrected chi connectivity index (χ1v) is 7.66. The van der Waals surface area contributed by atoms with Crippen molar-refractivity contribution in [3.63, 3.8) is 0 Å². The van der Waals surface area contributed by atoms with Crippen LogP contribution in [-0.4, -0.2) is 17.7 Å². The Balaban J connectivity index is 3.34. The lowest BCUT2D eigenvalue weighted by molar-refractivity contribution is -0.302. The van der Waals surface area contributed by atoms with Crippen molar-refractivity contribution in [2.45, 2.75) is 73.0 Å². The summed E-state index contributed by atoms with van der Waals surface area (Å²) in [7, 11) is 0. The van der Waals surface area contributed by atoms with E-state index in [2.05, 4.69) is 41.5 Å². The van der Waals surface area contributed by atoms with Crippen molar-refractivity contribution in [3.8, 4) is 0 Å². The van der Waals surface area contributed by atoms with E-state index in [1.165, 1.54) is 0 Å². The van der Waals surface area contributed by atoms with Crippen LogP contribution in [0.1, 0.15) is 67.2 Å². The first kappa shape index (κ1) is 17.0. The highest BCUT2D eigenvalue weighted by Crippen LogP contribution is 2.52. The van der Waals surface area contributed by atoms with Gasteiger partial charge in [-0.25, -0.2) is 0 Å². The first-order valence-electron chi connectivity index (χ1n) is 7.66. The fraction of sp³-hybridized carbons (Fsp3) is 0.875. The summed E-state index contributed by atoms with van der Waals surface area (Å²) < 4.78 is 11.4. The summed E-state index contributed by atoms with van der Waals surface area (Å²) in [6.07, 6.45) is 1.87. The van der Waals surface area contributed by atoms with Gasteiger partial charge in [-0.1, -0.05) is 41.5 Å². The molecule has 4 heteroatoms. The number of carbonyl (C=O) groups is 2. The second kappa shape index (κ2) is 6.15.